The summed E-state index contributed by atoms with van der Waals surface area (Å²) in [6, 6.07) is 11.4. The van der Waals surface area contributed by atoms with Crippen molar-refractivity contribution < 1.29 is 14.1 Å². The number of non-ortho nitro benzene ring substituents is 1. The van der Waals surface area contributed by atoms with Crippen molar-refractivity contribution in [3.63, 3.8) is 0 Å². The molecule has 0 unspecified atom stereocenters. The molecule has 2 aromatic carbocycles. The maximum Gasteiger partial charge on any atom is 0.317 e. The number of carbonyl (C=O) groups excluding carboxylic acids is 1. The molecule has 2 aromatic rings. The highest BCUT2D eigenvalue weighted by Crippen LogP contribution is 2.17. The number of amides is 2. The van der Waals surface area contributed by atoms with Gasteiger partial charge in [0.05, 0.1) is 11.0 Å². The largest absolute Gasteiger partial charge is 0.331 e. The van der Waals surface area contributed by atoms with Crippen LogP contribution in [0.15, 0.2) is 48.5 Å². The lowest BCUT2D eigenvalue weighted by molar-refractivity contribution is -0.384. The number of hydrogen-bond acceptors (Lipinski definition) is 3. The molecule has 0 heterocycles. The third-order valence-corrected chi connectivity index (χ3v) is 3.60. The molecule has 1 N–H and O–H groups in total. The van der Waals surface area contributed by atoms with E-state index in [1.54, 1.807) is 44.3 Å². The van der Waals surface area contributed by atoms with E-state index in [-0.39, 0.29) is 18.0 Å². The van der Waals surface area contributed by atoms with E-state index in [4.69, 9.17) is 0 Å². The van der Waals surface area contributed by atoms with Gasteiger partial charge in [0.15, 0.2) is 0 Å². The number of halogens is 1. The van der Waals surface area contributed by atoms with Crippen LogP contribution in [0, 0.1) is 15.9 Å². The Bertz CT molecular complexity index is 751. The second-order valence-corrected chi connectivity index (χ2v) is 5.48. The van der Waals surface area contributed by atoms with Crippen LogP contribution in [0.3, 0.4) is 0 Å². The summed E-state index contributed by atoms with van der Waals surface area (Å²) in [6.07, 6.45) is 0. The maximum absolute atomic E-state index is 13.7. The zero-order chi connectivity index (χ0) is 17.7. The number of benzene rings is 2. The minimum atomic E-state index is -0.494. The van der Waals surface area contributed by atoms with Gasteiger partial charge in [0.25, 0.3) is 5.69 Å². The van der Waals surface area contributed by atoms with E-state index in [1.807, 2.05) is 0 Å². The lowest BCUT2D eigenvalue weighted by Gasteiger charge is -2.22. The standard InChI is InChI=1S/C17H18FN3O3/c1-12(15-8-3-4-9-16(15)18)19-17(22)20(2)11-13-6-5-7-14(10-13)21(23)24/h3-10,12H,11H2,1-2H3,(H,19,22)/t12-/m0/s1. The predicted molar refractivity (Wildman–Crippen MR) is 87.9 cm³/mol. The second kappa shape index (κ2) is 7.54. The van der Waals surface area contributed by atoms with Crippen molar-refractivity contribution in [2.75, 3.05) is 7.05 Å². The highest BCUT2D eigenvalue weighted by Gasteiger charge is 2.16. The Labute approximate surface area is 139 Å². The molecule has 2 rings (SSSR count). The third kappa shape index (κ3) is 4.28. The topological polar surface area (TPSA) is 75.5 Å². The quantitative estimate of drug-likeness (QED) is 0.671. The number of nitrogens with zero attached hydrogens (tertiary/aromatic N) is 2. The van der Waals surface area contributed by atoms with Gasteiger partial charge < -0.3 is 10.2 Å². The zero-order valence-electron chi connectivity index (χ0n) is 13.4. The number of hydrogen-bond donors (Lipinski definition) is 1. The number of nitrogens with one attached hydrogen (secondary N) is 1. The Morgan fingerprint density at radius 2 is 2.00 bits per heavy atom. The minimum Gasteiger partial charge on any atom is -0.331 e. The summed E-state index contributed by atoms with van der Waals surface area (Å²) >= 11 is 0. The SMILES string of the molecule is C[C@H](NC(=O)N(C)Cc1cccc([N+](=O)[O-])c1)c1ccccc1F. The van der Waals surface area contributed by atoms with Crippen molar-refractivity contribution in [1.29, 1.82) is 0 Å². The van der Waals surface area contributed by atoms with E-state index in [9.17, 15) is 19.3 Å². The van der Waals surface area contributed by atoms with Gasteiger partial charge in [-0.3, -0.25) is 10.1 Å². The van der Waals surface area contributed by atoms with Crippen LogP contribution in [0.4, 0.5) is 14.9 Å². The molecule has 0 spiro atoms. The smallest absolute Gasteiger partial charge is 0.317 e. The molecule has 0 aliphatic heterocycles. The summed E-state index contributed by atoms with van der Waals surface area (Å²) < 4.78 is 13.7. The number of carbonyl (C=O) groups is 1. The summed E-state index contributed by atoms with van der Waals surface area (Å²) in [5.74, 6) is -0.383. The van der Waals surface area contributed by atoms with Gasteiger partial charge >= 0.3 is 6.03 Å². The molecule has 0 aromatic heterocycles. The minimum absolute atomic E-state index is 0.0268. The monoisotopic (exact) mass is 331 g/mol. The van der Waals surface area contributed by atoms with Crippen LogP contribution in [0.5, 0.6) is 0 Å². The fraction of sp³-hybridized carbons (Fsp3) is 0.235. The van der Waals surface area contributed by atoms with Gasteiger partial charge in [-0.25, -0.2) is 9.18 Å². The Hall–Kier alpha value is -2.96. The molecule has 24 heavy (non-hydrogen) atoms. The zero-order valence-corrected chi connectivity index (χ0v) is 13.4. The van der Waals surface area contributed by atoms with E-state index in [0.717, 1.165) is 0 Å². The molecule has 0 fully saturated rings. The van der Waals surface area contributed by atoms with E-state index in [2.05, 4.69) is 5.32 Å². The molecule has 1 atom stereocenters. The lowest BCUT2D eigenvalue weighted by atomic mass is 10.1. The second-order valence-electron chi connectivity index (χ2n) is 5.48. The summed E-state index contributed by atoms with van der Waals surface area (Å²) in [7, 11) is 1.57. The first kappa shape index (κ1) is 17.4. The normalized spacial score (nSPS) is 11.6. The summed E-state index contributed by atoms with van der Waals surface area (Å²) in [6.45, 7) is 1.90. The van der Waals surface area contributed by atoms with E-state index < -0.39 is 17.0 Å². The van der Waals surface area contributed by atoms with E-state index >= 15 is 0 Å². The van der Waals surface area contributed by atoms with Gasteiger partial charge in [0.2, 0.25) is 0 Å². The molecule has 0 saturated heterocycles. The van der Waals surface area contributed by atoms with E-state index in [1.165, 1.54) is 23.1 Å². The highest BCUT2D eigenvalue weighted by molar-refractivity contribution is 5.74. The van der Waals surface area contributed by atoms with Gasteiger partial charge in [0, 0.05) is 31.3 Å². The van der Waals surface area contributed by atoms with Crippen molar-refractivity contribution in [2.45, 2.75) is 19.5 Å². The highest BCUT2D eigenvalue weighted by atomic mass is 19.1. The Kier molecular flexibility index (Phi) is 5.47. The van der Waals surface area contributed by atoms with Crippen molar-refractivity contribution in [2.24, 2.45) is 0 Å². The van der Waals surface area contributed by atoms with Crippen molar-refractivity contribution in [3.05, 3.63) is 75.6 Å². The van der Waals surface area contributed by atoms with Gasteiger partial charge in [0.1, 0.15) is 5.82 Å². The average Bonchev–Trinajstić information content (AvgIpc) is 2.55. The fourth-order valence-electron chi connectivity index (χ4n) is 2.31. The van der Waals surface area contributed by atoms with Crippen LogP contribution in [-0.2, 0) is 6.54 Å². The Morgan fingerprint density at radius 1 is 1.29 bits per heavy atom. The first-order chi connectivity index (χ1) is 11.4. The van der Waals surface area contributed by atoms with Gasteiger partial charge in [-0.2, -0.15) is 0 Å². The lowest BCUT2D eigenvalue weighted by Crippen LogP contribution is -2.38. The molecule has 0 bridgehead atoms. The number of nitro groups is 1. The van der Waals surface area contributed by atoms with Crippen molar-refractivity contribution in [3.8, 4) is 0 Å². The predicted octanol–water partition coefficient (Wildman–Crippen LogP) is 3.64. The number of rotatable bonds is 5. The summed E-state index contributed by atoms with van der Waals surface area (Å²) in [5, 5.41) is 13.5. The summed E-state index contributed by atoms with van der Waals surface area (Å²) in [5.41, 5.74) is 1.01. The van der Waals surface area contributed by atoms with Crippen LogP contribution in [0.25, 0.3) is 0 Å². The molecular formula is C17H18FN3O3. The van der Waals surface area contributed by atoms with Crippen LogP contribution < -0.4 is 5.32 Å². The molecule has 0 aliphatic carbocycles. The Balaban J connectivity index is 2.01. The molecule has 7 heteroatoms. The molecule has 0 saturated carbocycles. The van der Waals surface area contributed by atoms with E-state index in [0.29, 0.717) is 11.1 Å². The van der Waals surface area contributed by atoms with Gasteiger partial charge in [-0.1, -0.05) is 30.3 Å². The van der Waals surface area contributed by atoms with Crippen LogP contribution in [-0.4, -0.2) is 22.9 Å². The number of urea groups is 1. The molecule has 0 aliphatic rings. The molecule has 0 radical (unpaired) electrons. The van der Waals surface area contributed by atoms with Crippen molar-refractivity contribution >= 4 is 11.7 Å². The summed E-state index contributed by atoms with van der Waals surface area (Å²) in [4.78, 5) is 23.9. The third-order valence-electron chi connectivity index (χ3n) is 3.60. The van der Waals surface area contributed by atoms with Gasteiger partial charge in [-0.15, -0.1) is 0 Å². The maximum atomic E-state index is 13.7. The number of nitro benzene ring substituents is 1. The molecule has 6 nitrogen and oxygen atoms in total. The van der Waals surface area contributed by atoms with Crippen LogP contribution >= 0.6 is 0 Å². The van der Waals surface area contributed by atoms with Gasteiger partial charge in [-0.05, 0) is 18.6 Å². The van der Waals surface area contributed by atoms with Crippen LogP contribution in [0.1, 0.15) is 24.1 Å². The Morgan fingerprint density at radius 3 is 2.67 bits per heavy atom. The molecule has 2 amide bonds. The fourth-order valence-corrected chi connectivity index (χ4v) is 2.31. The van der Waals surface area contributed by atoms with Crippen molar-refractivity contribution in [1.82, 2.24) is 10.2 Å². The first-order valence-corrected chi connectivity index (χ1v) is 7.38. The average molecular weight is 331 g/mol. The van der Waals surface area contributed by atoms with Crippen LogP contribution in [0.2, 0.25) is 0 Å². The molecule has 126 valence electrons. The first-order valence-electron chi connectivity index (χ1n) is 7.38. The molecular weight excluding hydrogens is 313 g/mol.